The number of carboxylic acid groups (broad SMARTS) is 1. The fourth-order valence-electron chi connectivity index (χ4n) is 8.69. The van der Waals surface area contributed by atoms with Crippen molar-refractivity contribution in [3.8, 4) is 11.1 Å². The molecule has 1 aliphatic carbocycles. The number of hydrogen-bond acceptors (Lipinski definition) is 10. The number of carboxylic acids is 1. The van der Waals surface area contributed by atoms with Crippen molar-refractivity contribution in [2.45, 2.75) is 102 Å². The molecule has 0 saturated carbocycles. The summed E-state index contributed by atoms with van der Waals surface area (Å²) in [5, 5.41) is 18.7. The third kappa shape index (κ3) is 12.7. The summed E-state index contributed by atoms with van der Waals surface area (Å²) in [7, 11) is 0. The van der Waals surface area contributed by atoms with Crippen LogP contribution in [0.3, 0.4) is 0 Å². The summed E-state index contributed by atoms with van der Waals surface area (Å²) in [5.41, 5.74) is 9.67. The fourth-order valence-corrected chi connectivity index (χ4v) is 8.69. The summed E-state index contributed by atoms with van der Waals surface area (Å²) >= 11 is 0. The molecule has 0 bridgehead atoms. The Bertz CT molecular complexity index is 2490. The molecule has 1 aliphatic rings. The highest BCUT2D eigenvalue weighted by atomic mass is 16.6. The Morgan fingerprint density at radius 1 is 0.686 bits per heavy atom. The van der Waals surface area contributed by atoms with E-state index in [2.05, 4.69) is 16.0 Å². The zero-order valence-electron chi connectivity index (χ0n) is 40.6. The Morgan fingerprint density at radius 2 is 1.16 bits per heavy atom. The van der Waals surface area contributed by atoms with Gasteiger partial charge >= 0.3 is 12.1 Å². The molecule has 0 aromatic heterocycles. The molecule has 0 radical (unpaired) electrons. The highest BCUT2D eigenvalue weighted by Gasteiger charge is 2.42. The van der Waals surface area contributed by atoms with E-state index < -0.39 is 96.2 Å². The number of nitrogens with two attached hydrogens (primary N) is 1. The number of aliphatic carboxylic acids is 1. The van der Waals surface area contributed by atoms with Crippen LogP contribution in [0, 0.1) is 0 Å². The van der Waals surface area contributed by atoms with Gasteiger partial charge in [0, 0.05) is 5.92 Å². The van der Waals surface area contributed by atoms with Gasteiger partial charge in [0.1, 0.15) is 18.2 Å². The Morgan fingerprint density at radius 3 is 1.61 bits per heavy atom. The third-order valence-electron chi connectivity index (χ3n) is 11.8. The van der Waals surface area contributed by atoms with E-state index in [1.807, 2.05) is 140 Å². The van der Waals surface area contributed by atoms with Crippen LogP contribution < -0.4 is 21.7 Å². The number of nitrogens with zero attached hydrogens (tertiary/aromatic N) is 1. The average molecular weight is 954 g/mol. The predicted octanol–water partition coefficient (Wildman–Crippen LogP) is 6.66. The number of carbonyl (C=O) groups is 6. The molecule has 6 N–H and O–H groups in total. The van der Waals surface area contributed by atoms with Crippen LogP contribution in [-0.2, 0) is 43.7 Å². The molecule has 0 fully saturated rings. The summed E-state index contributed by atoms with van der Waals surface area (Å²) in [4.78, 5) is 84.1. The molecule has 4 atom stereocenters. The molecule has 0 saturated heterocycles. The first-order valence-electron chi connectivity index (χ1n) is 23.2. The second kappa shape index (κ2) is 22.5. The molecule has 70 heavy (non-hydrogen) atoms. The molecule has 0 heterocycles. The van der Waals surface area contributed by atoms with Crippen LogP contribution in [0.15, 0.2) is 140 Å². The molecule has 0 aliphatic heterocycles. The topological polar surface area (TPSA) is 216 Å². The molecular formula is C55H63N5O10. The lowest BCUT2D eigenvalue weighted by Crippen LogP contribution is -2.60. The van der Waals surface area contributed by atoms with Crippen molar-refractivity contribution in [3.05, 3.63) is 167 Å². The van der Waals surface area contributed by atoms with Crippen molar-refractivity contribution in [1.29, 1.82) is 0 Å². The second-order valence-electron chi connectivity index (χ2n) is 19.2. The molecule has 0 unspecified atom stereocenters. The van der Waals surface area contributed by atoms with Gasteiger partial charge in [-0.25, -0.2) is 9.59 Å². The zero-order valence-corrected chi connectivity index (χ0v) is 40.6. The van der Waals surface area contributed by atoms with Crippen molar-refractivity contribution in [3.63, 3.8) is 0 Å². The van der Waals surface area contributed by atoms with Crippen molar-refractivity contribution in [1.82, 2.24) is 20.9 Å². The van der Waals surface area contributed by atoms with Gasteiger partial charge in [-0.1, -0.05) is 140 Å². The van der Waals surface area contributed by atoms with Crippen molar-refractivity contribution in [2.24, 2.45) is 5.73 Å². The largest absolute Gasteiger partial charge is 0.480 e. The summed E-state index contributed by atoms with van der Waals surface area (Å²) in [6, 6.07) is 38.3. The summed E-state index contributed by atoms with van der Waals surface area (Å²) in [5.74, 6) is -5.84. The van der Waals surface area contributed by atoms with Gasteiger partial charge in [0.25, 0.3) is 0 Å². The Kier molecular flexibility index (Phi) is 16.8. The van der Waals surface area contributed by atoms with Crippen LogP contribution >= 0.6 is 0 Å². The molecule has 5 aromatic carbocycles. The number of benzene rings is 5. The van der Waals surface area contributed by atoms with Crippen LogP contribution in [0.2, 0.25) is 0 Å². The molecular weight excluding hydrogens is 891 g/mol. The zero-order chi connectivity index (χ0) is 50.8. The summed E-state index contributed by atoms with van der Waals surface area (Å²) < 4.78 is 17.6. The van der Waals surface area contributed by atoms with Crippen LogP contribution in [-0.4, -0.2) is 101 Å². The molecule has 0 spiro atoms. The normalized spacial score (nSPS) is 14.2. The number of alkyl carbamates (subject to hydrolysis) is 1. The first-order chi connectivity index (χ1) is 33.2. The lowest BCUT2D eigenvalue weighted by molar-refractivity contribution is -0.163. The average Bonchev–Trinajstić information content (AvgIpc) is 3.65. The Balaban J connectivity index is 1.22. The van der Waals surface area contributed by atoms with E-state index in [4.69, 9.17) is 19.9 Å². The van der Waals surface area contributed by atoms with Gasteiger partial charge in [0.2, 0.25) is 23.6 Å². The van der Waals surface area contributed by atoms with Crippen LogP contribution in [0.4, 0.5) is 4.79 Å². The SMILES string of the molecule is C[C@H](OC(C)(C)C)[C@H](NC(=O)OCC1c2ccccc2-c2ccccc21)C(=O)NCC(=O)N(C(=O)[C@@H](N)CC(=O)NC(c1ccccc1)(c1ccccc1)c1ccccc1)[C@@H](COC(C)(C)C)C(=O)O. The summed E-state index contributed by atoms with van der Waals surface area (Å²) in [6.07, 6.45) is -2.59. The van der Waals surface area contributed by atoms with E-state index in [-0.39, 0.29) is 12.5 Å². The monoisotopic (exact) mass is 953 g/mol. The Labute approximate surface area is 409 Å². The fraction of sp³-hybridized carbons (Fsp3) is 0.345. The second-order valence-corrected chi connectivity index (χ2v) is 19.2. The predicted molar refractivity (Wildman–Crippen MR) is 264 cm³/mol. The van der Waals surface area contributed by atoms with Gasteiger partial charge in [0.05, 0.1) is 42.9 Å². The van der Waals surface area contributed by atoms with E-state index in [0.29, 0.717) is 21.6 Å². The highest BCUT2D eigenvalue weighted by molar-refractivity contribution is 6.04. The van der Waals surface area contributed by atoms with Crippen LogP contribution in [0.5, 0.6) is 0 Å². The van der Waals surface area contributed by atoms with Gasteiger partial charge < -0.3 is 41.0 Å². The maximum absolute atomic E-state index is 14.5. The van der Waals surface area contributed by atoms with E-state index in [1.54, 1.807) is 48.5 Å². The first-order valence-corrected chi connectivity index (χ1v) is 23.2. The van der Waals surface area contributed by atoms with E-state index >= 15 is 0 Å². The number of imide groups is 1. The standard InChI is InChI=1S/C55H63N5O10/c1-35(70-54(5,6)7)48(58-52(67)68-33-43-41-29-19-17-27-39(41)40-28-18-20-30-42(40)43)49(63)57-32-47(62)60(45(51(65)66)34-69-53(2,3)4)50(64)44(56)31-46(61)59-55(36-21-11-8-12-22-36,37-23-13-9-14-24-37)38-25-15-10-16-26-38/h8-30,35,43-45,48H,31-34,56H2,1-7H3,(H,57,63)(H,58,67)(H,59,61)(H,65,66)/t35-,44-,45-,48-/m0/s1. The minimum Gasteiger partial charge on any atom is -0.480 e. The minimum absolute atomic E-state index is 0.0461. The number of carbonyl (C=O) groups excluding carboxylic acids is 5. The summed E-state index contributed by atoms with van der Waals surface area (Å²) in [6.45, 7) is 10.2. The number of fused-ring (bicyclic) bond motifs is 3. The van der Waals surface area contributed by atoms with Crippen LogP contribution in [0.25, 0.3) is 11.1 Å². The van der Waals surface area contributed by atoms with E-state index in [1.165, 1.54) is 0 Å². The number of rotatable bonds is 19. The van der Waals surface area contributed by atoms with Gasteiger partial charge in [-0.15, -0.1) is 0 Å². The smallest absolute Gasteiger partial charge is 0.407 e. The lowest BCUT2D eigenvalue weighted by Gasteiger charge is -2.37. The lowest BCUT2D eigenvalue weighted by atomic mass is 9.77. The van der Waals surface area contributed by atoms with Crippen molar-refractivity contribution < 1.29 is 48.1 Å². The maximum Gasteiger partial charge on any atom is 0.407 e. The molecule has 15 heteroatoms. The van der Waals surface area contributed by atoms with Crippen LogP contribution in [0.1, 0.15) is 88.6 Å². The number of nitrogens with one attached hydrogen (secondary N) is 3. The van der Waals surface area contributed by atoms with E-state index in [9.17, 15) is 33.9 Å². The molecule has 5 amide bonds. The first kappa shape index (κ1) is 52.2. The van der Waals surface area contributed by atoms with Crippen molar-refractivity contribution in [2.75, 3.05) is 19.8 Å². The quantitative estimate of drug-likeness (QED) is 0.0552. The molecule has 368 valence electrons. The number of ether oxygens (including phenoxy) is 3. The van der Waals surface area contributed by atoms with Gasteiger partial charge in [-0.05, 0) is 87.4 Å². The number of hydrogen-bond donors (Lipinski definition) is 5. The Hall–Kier alpha value is -7.20. The highest BCUT2D eigenvalue weighted by Crippen LogP contribution is 2.44. The molecule has 5 aromatic rings. The number of amides is 5. The van der Waals surface area contributed by atoms with Gasteiger partial charge in [-0.3, -0.25) is 24.1 Å². The maximum atomic E-state index is 14.5. The third-order valence-corrected chi connectivity index (χ3v) is 11.8. The van der Waals surface area contributed by atoms with Gasteiger partial charge in [-0.2, -0.15) is 0 Å². The molecule has 6 rings (SSSR count). The van der Waals surface area contributed by atoms with E-state index in [0.717, 1.165) is 22.3 Å². The van der Waals surface area contributed by atoms with Gasteiger partial charge in [0.15, 0.2) is 6.04 Å². The minimum atomic E-state index is -1.93. The van der Waals surface area contributed by atoms with Crippen molar-refractivity contribution >= 4 is 35.7 Å². The molecule has 15 nitrogen and oxygen atoms in total.